The molecule has 0 aromatic heterocycles. The number of nitrogens with zero attached hydrogens (tertiary/aromatic N) is 2. The molecule has 0 radical (unpaired) electrons. The molecule has 0 heterocycles. The SMILES string of the molecule is Cc1ccc(C#N)c(Oc2ccc([N+](=O)[O-])c(Cl)c2)c1. The van der Waals surface area contributed by atoms with E-state index in [1.54, 1.807) is 18.2 Å². The van der Waals surface area contributed by atoms with Gasteiger partial charge in [-0.15, -0.1) is 0 Å². The topological polar surface area (TPSA) is 76.2 Å². The van der Waals surface area contributed by atoms with Crippen LogP contribution in [0.1, 0.15) is 11.1 Å². The molecular formula is C14H9ClN2O3. The molecule has 0 saturated heterocycles. The lowest BCUT2D eigenvalue weighted by Crippen LogP contribution is -1.92. The zero-order chi connectivity index (χ0) is 14.7. The van der Waals surface area contributed by atoms with E-state index in [0.29, 0.717) is 17.1 Å². The van der Waals surface area contributed by atoms with Crippen LogP contribution < -0.4 is 4.74 Å². The third kappa shape index (κ3) is 2.87. The molecule has 0 aliphatic rings. The molecular weight excluding hydrogens is 280 g/mol. The molecule has 2 aromatic rings. The van der Waals surface area contributed by atoms with Gasteiger partial charge >= 0.3 is 0 Å². The van der Waals surface area contributed by atoms with Crippen LogP contribution in [-0.2, 0) is 0 Å². The quantitative estimate of drug-likeness (QED) is 0.626. The van der Waals surface area contributed by atoms with Crippen molar-refractivity contribution in [2.75, 3.05) is 0 Å². The summed E-state index contributed by atoms with van der Waals surface area (Å²) in [6.07, 6.45) is 0. The van der Waals surface area contributed by atoms with Crippen LogP contribution in [-0.4, -0.2) is 4.92 Å². The second-order valence-electron chi connectivity index (χ2n) is 4.08. The van der Waals surface area contributed by atoms with E-state index < -0.39 is 4.92 Å². The molecule has 0 fully saturated rings. The molecule has 5 nitrogen and oxygen atoms in total. The first-order valence-electron chi connectivity index (χ1n) is 5.64. The Kier molecular flexibility index (Phi) is 3.87. The van der Waals surface area contributed by atoms with E-state index >= 15 is 0 Å². The van der Waals surface area contributed by atoms with Crippen molar-refractivity contribution in [1.82, 2.24) is 0 Å². The highest BCUT2D eigenvalue weighted by Gasteiger charge is 2.13. The molecule has 0 saturated carbocycles. The fourth-order valence-corrected chi connectivity index (χ4v) is 1.87. The maximum Gasteiger partial charge on any atom is 0.288 e. The number of rotatable bonds is 3. The largest absolute Gasteiger partial charge is 0.456 e. The van der Waals surface area contributed by atoms with Crippen molar-refractivity contribution >= 4 is 17.3 Å². The lowest BCUT2D eigenvalue weighted by molar-refractivity contribution is -0.384. The first-order valence-corrected chi connectivity index (χ1v) is 6.01. The summed E-state index contributed by atoms with van der Waals surface area (Å²) in [6, 6.07) is 11.2. The smallest absolute Gasteiger partial charge is 0.288 e. The van der Waals surface area contributed by atoms with Crippen molar-refractivity contribution in [3.63, 3.8) is 0 Å². The standard InChI is InChI=1S/C14H9ClN2O3/c1-9-2-3-10(8-16)14(6-9)20-11-4-5-13(17(18)19)12(15)7-11/h2-7H,1H3. The van der Waals surface area contributed by atoms with Gasteiger partial charge in [-0.05, 0) is 30.7 Å². The number of nitriles is 1. The normalized spacial score (nSPS) is 9.85. The van der Waals surface area contributed by atoms with Crippen molar-refractivity contribution in [3.8, 4) is 17.6 Å². The van der Waals surface area contributed by atoms with Crippen LogP contribution >= 0.6 is 11.6 Å². The van der Waals surface area contributed by atoms with E-state index in [0.717, 1.165) is 5.56 Å². The van der Waals surface area contributed by atoms with Gasteiger partial charge in [-0.2, -0.15) is 5.26 Å². The van der Waals surface area contributed by atoms with Gasteiger partial charge in [-0.3, -0.25) is 10.1 Å². The van der Waals surface area contributed by atoms with Gasteiger partial charge in [0.1, 0.15) is 22.6 Å². The fourth-order valence-electron chi connectivity index (χ4n) is 1.63. The zero-order valence-electron chi connectivity index (χ0n) is 10.5. The second kappa shape index (κ2) is 5.59. The minimum Gasteiger partial charge on any atom is -0.456 e. The van der Waals surface area contributed by atoms with Crippen molar-refractivity contribution in [3.05, 3.63) is 62.7 Å². The highest BCUT2D eigenvalue weighted by molar-refractivity contribution is 6.32. The molecule has 100 valence electrons. The number of hydrogen-bond donors (Lipinski definition) is 0. The summed E-state index contributed by atoms with van der Waals surface area (Å²) < 4.78 is 5.57. The average Bonchev–Trinajstić information content (AvgIpc) is 2.38. The summed E-state index contributed by atoms with van der Waals surface area (Å²) >= 11 is 5.81. The second-order valence-corrected chi connectivity index (χ2v) is 4.49. The van der Waals surface area contributed by atoms with Crippen LogP contribution in [0.5, 0.6) is 11.5 Å². The van der Waals surface area contributed by atoms with Crippen LogP contribution in [0.3, 0.4) is 0 Å². The van der Waals surface area contributed by atoms with Crippen molar-refractivity contribution in [1.29, 1.82) is 5.26 Å². The molecule has 0 N–H and O–H groups in total. The van der Waals surface area contributed by atoms with Gasteiger partial charge in [0.25, 0.3) is 5.69 Å². The highest BCUT2D eigenvalue weighted by atomic mass is 35.5. The Balaban J connectivity index is 2.36. The molecule has 20 heavy (non-hydrogen) atoms. The van der Waals surface area contributed by atoms with Crippen LogP contribution in [0, 0.1) is 28.4 Å². The predicted molar refractivity (Wildman–Crippen MR) is 74.1 cm³/mol. The number of ether oxygens (including phenoxy) is 1. The number of aryl methyl sites for hydroxylation is 1. The molecule has 0 spiro atoms. The molecule has 0 bridgehead atoms. The molecule has 2 rings (SSSR count). The molecule has 6 heteroatoms. The van der Waals surface area contributed by atoms with Gasteiger partial charge in [0.05, 0.1) is 10.5 Å². The number of benzene rings is 2. The molecule has 0 aliphatic carbocycles. The van der Waals surface area contributed by atoms with E-state index in [-0.39, 0.29) is 10.7 Å². The van der Waals surface area contributed by atoms with Gasteiger partial charge < -0.3 is 4.74 Å². The Labute approximate surface area is 120 Å². The predicted octanol–water partition coefficient (Wildman–Crippen LogP) is 4.22. The van der Waals surface area contributed by atoms with Crippen LogP contribution in [0.15, 0.2) is 36.4 Å². The van der Waals surface area contributed by atoms with Gasteiger partial charge in [-0.1, -0.05) is 17.7 Å². The summed E-state index contributed by atoms with van der Waals surface area (Å²) in [5, 5.41) is 19.7. The van der Waals surface area contributed by atoms with Crippen molar-refractivity contribution < 1.29 is 9.66 Å². The Bertz CT molecular complexity index is 723. The Morgan fingerprint density at radius 3 is 2.65 bits per heavy atom. The summed E-state index contributed by atoms with van der Waals surface area (Å²) in [5.41, 5.74) is 1.13. The van der Waals surface area contributed by atoms with E-state index in [1.165, 1.54) is 18.2 Å². The summed E-state index contributed by atoms with van der Waals surface area (Å²) in [6.45, 7) is 1.87. The molecule has 0 amide bonds. The lowest BCUT2D eigenvalue weighted by atomic mass is 10.1. The van der Waals surface area contributed by atoms with Gasteiger partial charge in [0, 0.05) is 12.1 Å². The maximum atomic E-state index is 10.7. The highest BCUT2D eigenvalue weighted by Crippen LogP contribution is 2.32. The molecule has 0 aliphatic heterocycles. The maximum absolute atomic E-state index is 10.7. The summed E-state index contributed by atoms with van der Waals surface area (Å²) in [4.78, 5) is 10.1. The Morgan fingerprint density at radius 1 is 1.30 bits per heavy atom. The van der Waals surface area contributed by atoms with Gasteiger partial charge in [-0.25, -0.2) is 0 Å². The average molecular weight is 289 g/mol. The van der Waals surface area contributed by atoms with E-state index in [9.17, 15) is 10.1 Å². The van der Waals surface area contributed by atoms with Crippen molar-refractivity contribution in [2.45, 2.75) is 6.92 Å². The first kappa shape index (κ1) is 13.8. The number of nitro benzene ring substituents is 1. The minimum atomic E-state index is -0.570. The van der Waals surface area contributed by atoms with E-state index in [2.05, 4.69) is 0 Å². The minimum absolute atomic E-state index is 0.0151. The molecule has 0 unspecified atom stereocenters. The monoisotopic (exact) mass is 288 g/mol. The lowest BCUT2D eigenvalue weighted by Gasteiger charge is -2.08. The van der Waals surface area contributed by atoms with Gasteiger partial charge in [0.2, 0.25) is 0 Å². The zero-order valence-corrected chi connectivity index (χ0v) is 11.2. The fraction of sp³-hybridized carbons (Fsp3) is 0.0714. The number of hydrogen-bond acceptors (Lipinski definition) is 4. The van der Waals surface area contributed by atoms with E-state index in [1.807, 2.05) is 13.0 Å². The first-order chi connectivity index (χ1) is 9.51. The summed E-state index contributed by atoms with van der Waals surface area (Å²) in [5.74, 6) is 0.722. The Hall–Kier alpha value is -2.58. The molecule has 2 aromatic carbocycles. The van der Waals surface area contributed by atoms with Crippen molar-refractivity contribution in [2.24, 2.45) is 0 Å². The Morgan fingerprint density at radius 2 is 2.05 bits per heavy atom. The third-order valence-electron chi connectivity index (χ3n) is 2.60. The van der Waals surface area contributed by atoms with Gasteiger partial charge in [0.15, 0.2) is 0 Å². The summed E-state index contributed by atoms with van der Waals surface area (Å²) in [7, 11) is 0. The van der Waals surface area contributed by atoms with Crippen LogP contribution in [0.2, 0.25) is 5.02 Å². The number of halogens is 1. The molecule has 0 atom stereocenters. The van der Waals surface area contributed by atoms with Crippen LogP contribution in [0.4, 0.5) is 5.69 Å². The third-order valence-corrected chi connectivity index (χ3v) is 2.90. The van der Waals surface area contributed by atoms with Crippen LogP contribution in [0.25, 0.3) is 0 Å². The number of nitro groups is 1. The van der Waals surface area contributed by atoms with E-state index in [4.69, 9.17) is 21.6 Å².